The molecule has 0 bridgehead atoms. The Labute approximate surface area is 92.0 Å². The van der Waals surface area contributed by atoms with Crippen molar-refractivity contribution >= 4 is 12.3 Å². The molecule has 1 aromatic rings. The summed E-state index contributed by atoms with van der Waals surface area (Å²) in [7, 11) is 0. The zero-order valence-electron chi connectivity index (χ0n) is 8.46. The second-order valence-electron chi connectivity index (χ2n) is 3.33. The topological polar surface area (TPSA) is 94.8 Å². The Morgan fingerprint density at radius 3 is 2.69 bits per heavy atom. The van der Waals surface area contributed by atoms with Gasteiger partial charge < -0.3 is 20.1 Å². The summed E-state index contributed by atoms with van der Waals surface area (Å²) in [6.45, 7) is 0. The van der Waals surface area contributed by atoms with E-state index >= 15 is 0 Å². The molecule has 5 nitrogen and oxygen atoms in total. The van der Waals surface area contributed by atoms with E-state index in [9.17, 15) is 19.8 Å². The molecule has 0 fully saturated rings. The number of aryl methyl sites for hydroxylation is 1. The van der Waals surface area contributed by atoms with E-state index in [-0.39, 0.29) is 17.7 Å². The van der Waals surface area contributed by atoms with Gasteiger partial charge in [0.25, 0.3) is 0 Å². The molecule has 0 aliphatic heterocycles. The second-order valence-corrected chi connectivity index (χ2v) is 3.33. The summed E-state index contributed by atoms with van der Waals surface area (Å²) in [6, 6.07) is 4.03. The molecule has 1 aromatic carbocycles. The minimum absolute atomic E-state index is 0.0109. The lowest BCUT2D eigenvalue weighted by Gasteiger charge is -2.09. The molecule has 0 heterocycles. The molecule has 1 rings (SSSR count). The smallest absolute Gasteiger partial charge is 0.337 e. The number of aliphatic carboxylic acids is 1. The highest BCUT2D eigenvalue weighted by molar-refractivity contribution is 5.74. The molecule has 0 saturated carbocycles. The zero-order valence-corrected chi connectivity index (χ0v) is 8.46. The van der Waals surface area contributed by atoms with E-state index in [1.807, 2.05) is 0 Å². The third-order valence-electron chi connectivity index (χ3n) is 2.18. The number of carbonyl (C=O) groups excluding carboxylic acids is 1. The molecule has 0 spiro atoms. The van der Waals surface area contributed by atoms with Gasteiger partial charge in [0, 0.05) is 6.42 Å². The fourth-order valence-corrected chi connectivity index (χ4v) is 1.33. The summed E-state index contributed by atoms with van der Waals surface area (Å²) < 4.78 is 0. The number of phenols is 1. The molecule has 0 saturated heterocycles. The summed E-state index contributed by atoms with van der Waals surface area (Å²) >= 11 is 0. The van der Waals surface area contributed by atoms with Gasteiger partial charge in [0.2, 0.25) is 0 Å². The summed E-state index contributed by atoms with van der Waals surface area (Å²) in [5.41, 5.74) is 0.635. The van der Waals surface area contributed by atoms with E-state index in [4.69, 9.17) is 5.11 Å². The van der Waals surface area contributed by atoms with Crippen molar-refractivity contribution in [1.82, 2.24) is 0 Å². The van der Waals surface area contributed by atoms with Crippen LogP contribution in [0.5, 0.6) is 5.75 Å². The molecular formula is C11H12O5. The summed E-state index contributed by atoms with van der Waals surface area (Å²) in [6.07, 6.45) is -0.356. The minimum Gasteiger partial charge on any atom is -0.508 e. The number of aldehydes is 1. The fraction of sp³-hybridized carbons (Fsp3) is 0.273. The van der Waals surface area contributed by atoms with Gasteiger partial charge in [-0.1, -0.05) is 6.07 Å². The van der Waals surface area contributed by atoms with Crippen LogP contribution in [-0.4, -0.2) is 27.6 Å². The minimum atomic E-state index is -1.62. The zero-order chi connectivity index (χ0) is 12.1. The molecule has 1 atom stereocenters. The van der Waals surface area contributed by atoms with Crippen LogP contribution in [0.3, 0.4) is 0 Å². The Hall–Kier alpha value is -1.88. The molecule has 16 heavy (non-hydrogen) atoms. The summed E-state index contributed by atoms with van der Waals surface area (Å²) in [5, 5.41) is 27.3. The molecule has 0 aliphatic carbocycles. The fourth-order valence-electron chi connectivity index (χ4n) is 1.33. The van der Waals surface area contributed by atoms with E-state index in [1.165, 1.54) is 18.2 Å². The molecule has 0 radical (unpaired) electrons. The molecule has 0 aliphatic rings. The van der Waals surface area contributed by atoms with Crippen molar-refractivity contribution in [2.75, 3.05) is 0 Å². The van der Waals surface area contributed by atoms with Crippen molar-refractivity contribution in [1.29, 1.82) is 0 Å². The van der Waals surface area contributed by atoms with Crippen LogP contribution in [-0.2, 0) is 16.0 Å². The molecule has 86 valence electrons. The molecule has 5 heteroatoms. The van der Waals surface area contributed by atoms with Gasteiger partial charge in [0.1, 0.15) is 12.0 Å². The molecule has 1 unspecified atom stereocenters. The Morgan fingerprint density at radius 2 is 2.12 bits per heavy atom. The number of aromatic hydroxyl groups is 1. The van der Waals surface area contributed by atoms with Gasteiger partial charge in [-0.05, 0) is 29.7 Å². The number of carbonyl (C=O) groups is 2. The molecule has 3 N–H and O–H groups in total. The number of carboxylic acid groups (broad SMARTS) is 1. The first kappa shape index (κ1) is 12.2. The normalized spacial score (nSPS) is 12.1. The second kappa shape index (κ2) is 5.27. The maximum absolute atomic E-state index is 10.5. The first-order chi connectivity index (χ1) is 7.56. The van der Waals surface area contributed by atoms with Crippen LogP contribution in [0.4, 0.5) is 0 Å². The van der Waals surface area contributed by atoms with Gasteiger partial charge >= 0.3 is 5.97 Å². The van der Waals surface area contributed by atoms with Crippen LogP contribution < -0.4 is 0 Å². The van der Waals surface area contributed by atoms with Crippen molar-refractivity contribution in [3.63, 3.8) is 0 Å². The standard InChI is InChI=1S/C11H12O5/c12-5-1-2-7-6-8(3-4-9(7)13)10(14)11(15)16/h3-6,10,13-14H,1-2H2,(H,15,16). The van der Waals surface area contributed by atoms with Crippen LogP contribution in [0.15, 0.2) is 18.2 Å². The van der Waals surface area contributed by atoms with Gasteiger partial charge in [-0.3, -0.25) is 0 Å². The predicted molar refractivity (Wildman–Crippen MR) is 55.1 cm³/mol. The summed E-state index contributed by atoms with van der Waals surface area (Å²) in [4.78, 5) is 20.7. The van der Waals surface area contributed by atoms with E-state index in [2.05, 4.69) is 0 Å². The summed E-state index contributed by atoms with van der Waals surface area (Å²) in [5.74, 6) is -1.37. The van der Waals surface area contributed by atoms with Crippen LogP contribution in [0.25, 0.3) is 0 Å². The highest BCUT2D eigenvalue weighted by Gasteiger charge is 2.16. The van der Waals surface area contributed by atoms with E-state index in [0.717, 1.165) is 0 Å². The number of aliphatic hydroxyl groups excluding tert-OH is 1. The van der Waals surface area contributed by atoms with Gasteiger partial charge in [-0.2, -0.15) is 0 Å². The lowest BCUT2D eigenvalue weighted by atomic mass is 10.0. The van der Waals surface area contributed by atoms with Crippen LogP contribution >= 0.6 is 0 Å². The maximum atomic E-state index is 10.5. The largest absolute Gasteiger partial charge is 0.508 e. The number of hydrogen-bond acceptors (Lipinski definition) is 4. The Bertz CT molecular complexity index is 399. The Balaban J connectivity index is 2.97. The number of benzene rings is 1. The predicted octanol–water partition coefficient (Wildman–Crippen LogP) is 0.642. The first-order valence-electron chi connectivity index (χ1n) is 4.72. The first-order valence-corrected chi connectivity index (χ1v) is 4.72. The average molecular weight is 224 g/mol. The van der Waals surface area contributed by atoms with Gasteiger partial charge in [0.15, 0.2) is 6.10 Å². The number of hydrogen-bond donors (Lipinski definition) is 3. The third kappa shape index (κ3) is 2.80. The number of carboxylic acids is 1. The van der Waals surface area contributed by atoms with Gasteiger partial charge in [-0.25, -0.2) is 4.79 Å². The number of rotatable bonds is 5. The van der Waals surface area contributed by atoms with Crippen LogP contribution in [0.1, 0.15) is 23.7 Å². The van der Waals surface area contributed by atoms with Crippen LogP contribution in [0, 0.1) is 0 Å². The Kier molecular flexibility index (Phi) is 4.02. The highest BCUT2D eigenvalue weighted by Crippen LogP contribution is 2.23. The van der Waals surface area contributed by atoms with Crippen molar-refractivity contribution in [2.24, 2.45) is 0 Å². The van der Waals surface area contributed by atoms with Gasteiger partial charge in [-0.15, -0.1) is 0 Å². The van der Waals surface area contributed by atoms with E-state index < -0.39 is 12.1 Å². The lowest BCUT2D eigenvalue weighted by Crippen LogP contribution is -2.10. The molecular weight excluding hydrogens is 212 g/mol. The maximum Gasteiger partial charge on any atom is 0.337 e. The monoisotopic (exact) mass is 224 g/mol. The third-order valence-corrected chi connectivity index (χ3v) is 2.18. The van der Waals surface area contributed by atoms with E-state index in [1.54, 1.807) is 0 Å². The van der Waals surface area contributed by atoms with Crippen molar-refractivity contribution in [3.05, 3.63) is 29.3 Å². The molecule has 0 aromatic heterocycles. The van der Waals surface area contributed by atoms with Gasteiger partial charge in [0.05, 0.1) is 0 Å². The molecule has 0 amide bonds. The van der Waals surface area contributed by atoms with Crippen molar-refractivity contribution in [2.45, 2.75) is 18.9 Å². The van der Waals surface area contributed by atoms with E-state index in [0.29, 0.717) is 18.3 Å². The lowest BCUT2D eigenvalue weighted by molar-refractivity contribution is -0.146. The van der Waals surface area contributed by atoms with Crippen LogP contribution in [0.2, 0.25) is 0 Å². The number of phenolic OH excluding ortho intramolecular Hbond substituents is 1. The van der Waals surface area contributed by atoms with Crippen molar-refractivity contribution < 1.29 is 24.9 Å². The SMILES string of the molecule is O=CCCc1cc(C(O)C(=O)O)ccc1O. The highest BCUT2D eigenvalue weighted by atomic mass is 16.4. The quantitative estimate of drug-likeness (QED) is 0.638. The average Bonchev–Trinajstić information content (AvgIpc) is 2.27. The Morgan fingerprint density at radius 1 is 1.44 bits per heavy atom. The number of aliphatic hydroxyl groups is 1. The van der Waals surface area contributed by atoms with Crippen molar-refractivity contribution in [3.8, 4) is 5.75 Å².